The van der Waals surface area contributed by atoms with Crippen molar-refractivity contribution in [3.63, 3.8) is 0 Å². The molecule has 0 aromatic carbocycles. The van der Waals surface area contributed by atoms with E-state index in [1.807, 2.05) is 0 Å². The summed E-state index contributed by atoms with van der Waals surface area (Å²) in [6.45, 7) is 0. The Kier molecular flexibility index (Phi) is 1.66. The van der Waals surface area contributed by atoms with Gasteiger partial charge in [0.15, 0.2) is 0 Å². The SMILES string of the molecule is O=C(O)c1cnc2cccnc2c1. The molecule has 0 aliphatic carbocycles. The molecule has 0 amide bonds. The molecule has 0 fully saturated rings. The molecule has 0 radical (unpaired) electrons. The summed E-state index contributed by atoms with van der Waals surface area (Å²) < 4.78 is 0. The van der Waals surface area contributed by atoms with E-state index in [1.165, 1.54) is 12.3 Å². The highest BCUT2D eigenvalue weighted by Gasteiger charge is 2.03. The van der Waals surface area contributed by atoms with E-state index in [1.54, 1.807) is 18.3 Å². The maximum absolute atomic E-state index is 10.6. The van der Waals surface area contributed by atoms with Gasteiger partial charge in [-0.3, -0.25) is 9.97 Å². The van der Waals surface area contributed by atoms with Crippen LogP contribution in [0.15, 0.2) is 30.6 Å². The largest absolute Gasteiger partial charge is 0.478 e. The van der Waals surface area contributed by atoms with E-state index < -0.39 is 5.97 Å². The van der Waals surface area contributed by atoms with Gasteiger partial charge in [0.2, 0.25) is 0 Å². The zero-order chi connectivity index (χ0) is 9.26. The van der Waals surface area contributed by atoms with Crippen LogP contribution in [-0.4, -0.2) is 21.0 Å². The smallest absolute Gasteiger partial charge is 0.337 e. The van der Waals surface area contributed by atoms with Gasteiger partial charge in [0, 0.05) is 12.4 Å². The molecule has 4 heteroatoms. The molecule has 13 heavy (non-hydrogen) atoms. The van der Waals surface area contributed by atoms with Gasteiger partial charge in [0.25, 0.3) is 0 Å². The minimum atomic E-state index is -0.986. The summed E-state index contributed by atoms with van der Waals surface area (Å²) in [6, 6.07) is 5.05. The Bertz CT molecular complexity index is 468. The summed E-state index contributed by atoms with van der Waals surface area (Å²) in [5.74, 6) is -0.986. The quantitative estimate of drug-likeness (QED) is 0.708. The van der Waals surface area contributed by atoms with Gasteiger partial charge >= 0.3 is 5.97 Å². The van der Waals surface area contributed by atoms with E-state index in [9.17, 15) is 4.79 Å². The van der Waals surface area contributed by atoms with E-state index in [0.29, 0.717) is 11.0 Å². The Labute approximate surface area is 73.9 Å². The molecule has 0 aliphatic heterocycles. The second-order valence-electron chi connectivity index (χ2n) is 2.57. The van der Waals surface area contributed by atoms with Crippen molar-refractivity contribution in [2.24, 2.45) is 0 Å². The Hall–Kier alpha value is -1.97. The Morgan fingerprint density at radius 1 is 1.31 bits per heavy atom. The van der Waals surface area contributed by atoms with Crippen molar-refractivity contribution < 1.29 is 9.90 Å². The number of carboxylic acids is 1. The zero-order valence-corrected chi connectivity index (χ0v) is 6.64. The molecular weight excluding hydrogens is 168 g/mol. The highest BCUT2D eigenvalue weighted by Crippen LogP contribution is 2.09. The third-order valence-electron chi connectivity index (χ3n) is 1.70. The summed E-state index contributed by atoms with van der Waals surface area (Å²) in [5, 5.41) is 8.68. The van der Waals surface area contributed by atoms with Crippen LogP contribution in [0.4, 0.5) is 0 Å². The molecule has 64 valence electrons. The molecule has 2 aromatic rings. The van der Waals surface area contributed by atoms with Crippen LogP contribution >= 0.6 is 0 Å². The lowest BCUT2D eigenvalue weighted by Crippen LogP contribution is -1.97. The van der Waals surface area contributed by atoms with Crippen molar-refractivity contribution in [3.8, 4) is 0 Å². The van der Waals surface area contributed by atoms with Gasteiger partial charge < -0.3 is 5.11 Å². The number of carboxylic acid groups (broad SMARTS) is 1. The topological polar surface area (TPSA) is 63.1 Å². The van der Waals surface area contributed by atoms with Gasteiger partial charge in [-0.25, -0.2) is 4.79 Å². The fraction of sp³-hybridized carbons (Fsp3) is 0. The lowest BCUT2D eigenvalue weighted by atomic mass is 10.2. The average molecular weight is 174 g/mol. The molecule has 0 saturated heterocycles. The molecule has 0 saturated carbocycles. The highest BCUT2D eigenvalue weighted by molar-refractivity contribution is 5.91. The Morgan fingerprint density at radius 3 is 2.92 bits per heavy atom. The number of fused-ring (bicyclic) bond motifs is 1. The van der Waals surface area contributed by atoms with Crippen molar-refractivity contribution in [1.29, 1.82) is 0 Å². The molecule has 0 spiro atoms. The third kappa shape index (κ3) is 1.33. The molecule has 4 nitrogen and oxygen atoms in total. The normalized spacial score (nSPS) is 10.2. The van der Waals surface area contributed by atoms with Gasteiger partial charge in [0.05, 0.1) is 16.6 Å². The number of nitrogens with zero attached hydrogens (tertiary/aromatic N) is 2. The third-order valence-corrected chi connectivity index (χ3v) is 1.70. The number of hydrogen-bond donors (Lipinski definition) is 1. The van der Waals surface area contributed by atoms with Gasteiger partial charge in [0.1, 0.15) is 0 Å². The first-order valence-corrected chi connectivity index (χ1v) is 3.71. The minimum absolute atomic E-state index is 0.159. The van der Waals surface area contributed by atoms with Crippen LogP contribution in [0.1, 0.15) is 10.4 Å². The average Bonchev–Trinajstić information content (AvgIpc) is 2.17. The predicted molar refractivity (Wildman–Crippen MR) is 46.5 cm³/mol. The van der Waals surface area contributed by atoms with E-state index in [4.69, 9.17) is 5.11 Å². The number of aromatic carboxylic acids is 1. The first kappa shape index (κ1) is 7.67. The summed E-state index contributed by atoms with van der Waals surface area (Å²) in [5.41, 5.74) is 1.46. The molecule has 0 atom stereocenters. The van der Waals surface area contributed by atoms with Crippen LogP contribution in [0, 0.1) is 0 Å². The van der Waals surface area contributed by atoms with Crippen molar-refractivity contribution in [3.05, 3.63) is 36.2 Å². The fourth-order valence-electron chi connectivity index (χ4n) is 1.07. The number of aromatic nitrogens is 2. The van der Waals surface area contributed by atoms with Gasteiger partial charge in [-0.1, -0.05) is 0 Å². The molecule has 2 rings (SSSR count). The van der Waals surface area contributed by atoms with Crippen LogP contribution in [0.2, 0.25) is 0 Å². The molecule has 0 unspecified atom stereocenters. The van der Waals surface area contributed by atoms with Crippen LogP contribution in [-0.2, 0) is 0 Å². The molecule has 2 heterocycles. The number of hydrogen-bond acceptors (Lipinski definition) is 3. The second-order valence-corrected chi connectivity index (χ2v) is 2.57. The summed E-state index contributed by atoms with van der Waals surface area (Å²) in [4.78, 5) is 18.5. The van der Waals surface area contributed by atoms with E-state index in [-0.39, 0.29) is 5.56 Å². The predicted octanol–water partition coefficient (Wildman–Crippen LogP) is 1.33. The molecule has 0 bridgehead atoms. The molecule has 1 N–H and O–H groups in total. The maximum Gasteiger partial charge on any atom is 0.337 e. The minimum Gasteiger partial charge on any atom is -0.478 e. The van der Waals surface area contributed by atoms with Crippen LogP contribution in [0.5, 0.6) is 0 Å². The van der Waals surface area contributed by atoms with Gasteiger partial charge in [-0.05, 0) is 18.2 Å². The van der Waals surface area contributed by atoms with Crippen molar-refractivity contribution in [2.75, 3.05) is 0 Å². The van der Waals surface area contributed by atoms with Crippen molar-refractivity contribution in [2.45, 2.75) is 0 Å². The summed E-state index contributed by atoms with van der Waals surface area (Å²) in [6.07, 6.45) is 2.93. The van der Waals surface area contributed by atoms with Gasteiger partial charge in [-0.15, -0.1) is 0 Å². The zero-order valence-electron chi connectivity index (χ0n) is 6.64. The fourth-order valence-corrected chi connectivity index (χ4v) is 1.07. The number of carbonyl (C=O) groups is 1. The number of rotatable bonds is 1. The Balaban J connectivity index is 2.69. The Morgan fingerprint density at radius 2 is 2.15 bits per heavy atom. The molecule has 2 aromatic heterocycles. The van der Waals surface area contributed by atoms with Crippen LogP contribution in [0.25, 0.3) is 11.0 Å². The van der Waals surface area contributed by atoms with Crippen molar-refractivity contribution in [1.82, 2.24) is 9.97 Å². The van der Waals surface area contributed by atoms with Crippen LogP contribution < -0.4 is 0 Å². The highest BCUT2D eigenvalue weighted by atomic mass is 16.4. The first-order valence-electron chi connectivity index (χ1n) is 3.71. The lowest BCUT2D eigenvalue weighted by Gasteiger charge is -1.96. The number of pyridine rings is 2. The molecule has 0 aliphatic rings. The standard InChI is InChI=1S/C9H6N2O2/c12-9(13)6-4-8-7(11-5-6)2-1-3-10-8/h1-5H,(H,12,13). The first-order chi connectivity index (χ1) is 6.27. The van der Waals surface area contributed by atoms with Crippen molar-refractivity contribution >= 4 is 17.0 Å². The van der Waals surface area contributed by atoms with Gasteiger partial charge in [-0.2, -0.15) is 0 Å². The second kappa shape index (κ2) is 2.82. The van der Waals surface area contributed by atoms with E-state index >= 15 is 0 Å². The maximum atomic E-state index is 10.6. The van der Waals surface area contributed by atoms with E-state index in [0.717, 1.165) is 0 Å². The van der Waals surface area contributed by atoms with E-state index in [2.05, 4.69) is 9.97 Å². The monoisotopic (exact) mass is 174 g/mol. The summed E-state index contributed by atoms with van der Waals surface area (Å²) >= 11 is 0. The molecular formula is C9H6N2O2. The van der Waals surface area contributed by atoms with Crippen LogP contribution in [0.3, 0.4) is 0 Å². The lowest BCUT2D eigenvalue weighted by molar-refractivity contribution is 0.0696. The summed E-state index contributed by atoms with van der Waals surface area (Å²) in [7, 11) is 0.